The van der Waals surface area contributed by atoms with Crippen molar-refractivity contribution in [1.82, 2.24) is 0 Å². The zero-order valence-electron chi connectivity index (χ0n) is 3.25. The van der Waals surface area contributed by atoms with Crippen LogP contribution in [0.1, 0.15) is 0 Å². The van der Waals surface area contributed by atoms with Gasteiger partial charge >= 0.3 is 40.8 Å². The van der Waals surface area contributed by atoms with Gasteiger partial charge in [-0.3, -0.25) is 0 Å². The third-order valence-corrected chi connectivity index (χ3v) is 1.37. The van der Waals surface area contributed by atoms with Crippen LogP contribution in [0, 0.1) is 0 Å². The van der Waals surface area contributed by atoms with Gasteiger partial charge in [0, 0.05) is 0 Å². The van der Waals surface area contributed by atoms with Crippen molar-refractivity contribution in [3.05, 3.63) is 0 Å². The summed E-state index contributed by atoms with van der Waals surface area (Å²) in [5.74, 6) is 0. The van der Waals surface area contributed by atoms with Crippen LogP contribution in [0.25, 0.3) is 0 Å². The molecule has 0 aromatic heterocycles. The summed E-state index contributed by atoms with van der Waals surface area (Å²) in [5, 5.41) is 0. The molecule has 0 spiro atoms. The molecule has 0 fully saturated rings. The minimum absolute atomic E-state index is 1.19. The Hall–Kier alpha value is 0.660. The van der Waals surface area contributed by atoms with Crippen LogP contribution in [0.2, 0.25) is 0 Å². The van der Waals surface area contributed by atoms with Crippen LogP contribution in [0.4, 0.5) is 0 Å². The molecule has 0 saturated heterocycles. The molecule has 0 unspecified atom stereocenters. The van der Waals surface area contributed by atoms with Gasteiger partial charge in [0.1, 0.15) is 0 Å². The van der Waals surface area contributed by atoms with Gasteiger partial charge in [0.25, 0.3) is 0 Å². The third kappa shape index (κ3) is 4.66. The Morgan fingerprint density at radius 3 is 1.83 bits per heavy atom. The van der Waals surface area contributed by atoms with Crippen LogP contribution < -0.4 is 0 Å². The molecule has 0 radical (unpaired) electrons. The summed E-state index contributed by atoms with van der Waals surface area (Å²) in [6.45, 7) is 0. The number of hydrogen-bond donors (Lipinski definition) is 3. The van der Waals surface area contributed by atoms with E-state index in [9.17, 15) is 0 Å². The fourth-order valence-corrected chi connectivity index (χ4v) is 0. The van der Waals surface area contributed by atoms with Gasteiger partial charge < -0.3 is 0 Å². The fraction of sp³-hybridized carbons (Fsp3) is 1.00. The normalized spacial score (nSPS) is 14.7. The Labute approximate surface area is 41.7 Å². The first-order valence-corrected chi connectivity index (χ1v) is 4.37. The summed E-state index contributed by atoms with van der Waals surface area (Å²) in [6.07, 6.45) is 0. The molecule has 0 saturated carbocycles. The molecule has 0 aliphatic rings. The van der Waals surface area contributed by atoms with E-state index in [-0.39, 0.29) is 0 Å². The van der Waals surface area contributed by atoms with Crippen molar-refractivity contribution in [2.24, 2.45) is 0 Å². The number of hydrogen-bond acceptors (Lipinski definition) is 4. The average Bonchev–Trinajstić information content (AvgIpc) is 1.35. The summed E-state index contributed by atoms with van der Waals surface area (Å²) in [7, 11) is -2.24. The summed E-state index contributed by atoms with van der Waals surface area (Å²) in [6, 6.07) is 0. The van der Waals surface area contributed by atoms with E-state index in [1.165, 1.54) is 7.11 Å². The predicted molar refractivity (Wildman–Crippen MR) is 28.7 cm³/mol. The molecule has 5 heteroatoms. The van der Waals surface area contributed by atoms with E-state index in [1.54, 1.807) is 0 Å². The molecule has 40 valence electrons. The molecule has 0 amide bonds. The van der Waals surface area contributed by atoms with Gasteiger partial charge in [-0.25, -0.2) is 0 Å². The van der Waals surface area contributed by atoms with E-state index in [1.807, 2.05) is 0 Å². The topological polar surface area (TPSA) is 49.7 Å². The van der Waals surface area contributed by atoms with Crippen molar-refractivity contribution < 1.29 is 14.3 Å². The van der Waals surface area contributed by atoms with Crippen molar-refractivity contribution in [1.29, 1.82) is 0 Å². The van der Waals surface area contributed by atoms with Gasteiger partial charge in [-0.05, 0) is 0 Å². The van der Waals surface area contributed by atoms with Gasteiger partial charge in [-0.15, -0.1) is 0 Å². The van der Waals surface area contributed by atoms with Crippen molar-refractivity contribution in [3.63, 3.8) is 0 Å². The van der Waals surface area contributed by atoms with Crippen LogP contribution in [-0.2, 0) is 4.52 Å². The first-order valence-electron chi connectivity index (χ1n) is 1.28. The quantitative estimate of drug-likeness (QED) is 0.344. The van der Waals surface area contributed by atoms with Crippen LogP contribution >= 0.6 is 19.4 Å². The van der Waals surface area contributed by atoms with E-state index in [0.717, 1.165) is 0 Å². The van der Waals surface area contributed by atoms with E-state index >= 15 is 0 Å². The van der Waals surface area contributed by atoms with E-state index in [2.05, 4.69) is 16.8 Å². The Morgan fingerprint density at radius 2 is 1.83 bits per heavy atom. The Balaban J connectivity index is 3.17. The summed E-state index contributed by atoms with van der Waals surface area (Å²) in [5.41, 5.74) is 0. The van der Waals surface area contributed by atoms with Crippen LogP contribution in [-0.4, -0.2) is 16.9 Å². The van der Waals surface area contributed by atoms with Crippen LogP contribution in [0.15, 0.2) is 0 Å². The number of rotatable bonds is 1. The maximum atomic E-state index is 8.16. The second-order valence-electron chi connectivity index (χ2n) is 0.778. The standard InChI is InChI=1S/CH7O3PS/c1-4-5(2,3)6/h2-3,5-6H,1H3. The molecule has 0 atom stereocenters. The van der Waals surface area contributed by atoms with Gasteiger partial charge in [0.05, 0.1) is 0 Å². The molecule has 3 nitrogen and oxygen atoms in total. The van der Waals surface area contributed by atoms with Crippen LogP contribution in [0.5, 0.6) is 0 Å². The van der Waals surface area contributed by atoms with Gasteiger partial charge in [0.15, 0.2) is 0 Å². The van der Waals surface area contributed by atoms with E-state index < -0.39 is 7.15 Å². The van der Waals surface area contributed by atoms with Crippen molar-refractivity contribution in [3.8, 4) is 0 Å². The summed E-state index contributed by atoms with van der Waals surface area (Å²) < 4.78 is 4.05. The molecule has 0 aliphatic heterocycles. The van der Waals surface area contributed by atoms with E-state index in [4.69, 9.17) is 9.79 Å². The molecule has 6 heavy (non-hydrogen) atoms. The van der Waals surface area contributed by atoms with Gasteiger partial charge in [0.2, 0.25) is 0 Å². The first kappa shape index (κ1) is 6.66. The zero-order valence-corrected chi connectivity index (χ0v) is 5.14. The van der Waals surface area contributed by atoms with Crippen LogP contribution in [0.3, 0.4) is 0 Å². The average molecular weight is 130 g/mol. The predicted octanol–water partition coefficient (Wildman–Crippen LogP) is -0.0429. The zero-order chi connectivity index (χ0) is 5.21. The summed E-state index contributed by atoms with van der Waals surface area (Å²) >= 11 is 3.28. The molecular weight excluding hydrogens is 123 g/mol. The second kappa shape index (κ2) is 2.09. The Kier molecular flexibility index (Phi) is 2.33. The molecule has 0 aromatic carbocycles. The minimum atomic E-state index is -3.44. The molecule has 0 rings (SSSR count). The second-order valence-corrected chi connectivity index (χ2v) is 4.08. The monoisotopic (exact) mass is 130 g/mol. The van der Waals surface area contributed by atoms with Crippen molar-refractivity contribution >= 4 is 19.4 Å². The van der Waals surface area contributed by atoms with Crippen molar-refractivity contribution in [2.75, 3.05) is 7.11 Å². The third-order valence-electron chi connectivity index (χ3n) is 0.274. The van der Waals surface area contributed by atoms with E-state index in [0.29, 0.717) is 0 Å². The molecule has 0 bridgehead atoms. The molecular formula is CH7O3PS. The number of thiol groups is 1. The molecule has 0 aliphatic carbocycles. The van der Waals surface area contributed by atoms with Gasteiger partial charge in [-0.1, -0.05) is 0 Å². The fourth-order valence-electron chi connectivity index (χ4n) is 0. The van der Waals surface area contributed by atoms with Gasteiger partial charge in [-0.2, -0.15) is 0 Å². The SMILES string of the molecule is CO[PH](O)(O)S. The maximum absolute atomic E-state index is 8.16. The molecule has 0 heterocycles. The Morgan fingerprint density at radius 1 is 1.67 bits per heavy atom. The molecule has 2 N–H and O–H groups in total. The summed E-state index contributed by atoms with van der Waals surface area (Å²) in [4.78, 5) is 16.3. The Bertz CT molecular complexity index is 40.5. The molecule has 0 aromatic rings. The first-order chi connectivity index (χ1) is 2.56. The van der Waals surface area contributed by atoms with Crippen molar-refractivity contribution in [2.45, 2.75) is 0 Å².